The van der Waals surface area contributed by atoms with Crippen molar-refractivity contribution in [2.45, 2.75) is 56.4 Å². The highest BCUT2D eigenvalue weighted by molar-refractivity contribution is 9.10. The molecular weight excluding hydrogens is 452 g/mol. The van der Waals surface area contributed by atoms with Crippen LogP contribution in [0.25, 0.3) is 0 Å². The molecule has 7 heteroatoms. The van der Waals surface area contributed by atoms with Crippen LogP contribution in [0.2, 0.25) is 0 Å². The van der Waals surface area contributed by atoms with Crippen molar-refractivity contribution in [1.29, 1.82) is 0 Å². The van der Waals surface area contributed by atoms with Gasteiger partial charge in [0.1, 0.15) is 6.54 Å². The van der Waals surface area contributed by atoms with Crippen molar-refractivity contribution in [3.63, 3.8) is 0 Å². The number of halogens is 1. The Hall–Kier alpha value is -1.86. The summed E-state index contributed by atoms with van der Waals surface area (Å²) in [6.07, 6.45) is 6.49. The standard InChI is InChI=1S/C22H27BrN2O3S/c1-17-11-13-21(14-12-17)29(27,28)25(20-10-6-7-18(23)15-20)16-22(26)24-19-8-4-2-3-5-9-19/h6-7,10-15,19H,2-5,8-9,16H2,1H3,(H,24,26). The average Bonchev–Trinajstić information content (AvgIpc) is 2.95. The Bertz CT molecular complexity index is 937. The number of amides is 1. The highest BCUT2D eigenvalue weighted by Gasteiger charge is 2.28. The third-order valence-electron chi connectivity index (χ3n) is 5.21. The maximum Gasteiger partial charge on any atom is 0.264 e. The molecule has 3 rings (SSSR count). The number of aryl methyl sites for hydroxylation is 1. The van der Waals surface area contributed by atoms with Crippen molar-refractivity contribution in [2.75, 3.05) is 10.8 Å². The largest absolute Gasteiger partial charge is 0.352 e. The van der Waals surface area contributed by atoms with Gasteiger partial charge < -0.3 is 5.32 Å². The molecule has 1 aliphatic rings. The molecule has 0 heterocycles. The van der Waals surface area contributed by atoms with Crippen LogP contribution in [0.4, 0.5) is 5.69 Å². The lowest BCUT2D eigenvalue weighted by atomic mass is 10.1. The number of rotatable bonds is 6. The summed E-state index contributed by atoms with van der Waals surface area (Å²) in [5.74, 6) is -0.271. The number of sulfonamides is 1. The molecule has 0 atom stereocenters. The molecule has 1 fully saturated rings. The number of carbonyl (C=O) groups is 1. The second kappa shape index (κ2) is 9.76. The molecule has 156 valence electrons. The predicted molar refractivity (Wildman–Crippen MR) is 119 cm³/mol. The highest BCUT2D eigenvalue weighted by atomic mass is 79.9. The number of nitrogens with zero attached hydrogens (tertiary/aromatic N) is 1. The van der Waals surface area contributed by atoms with Gasteiger partial charge in [-0.2, -0.15) is 0 Å². The average molecular weight is 479 g/mol. The van der Waals surface area contributed by atoms with E-state index in [0.29, 0.717) is 5.69 Å². The normalized spacial score (nSPS) is 15.5. The first-order valence-electron chi connectivity index (χ1n) is 10.0. The van der Waals surface area contributed by atoms with Crippen molar-refractivity contribution in [1.82, 2.24) is 5.32 Å². The van der Waals surface area contributed by atoms with Gasteiger partial charge in [0.2, 0.25) is 5.91 Å². The van der Waals surface area contributed by atoms with E-state index >= 15 is 0 Å². The molecule has 0 bridgehead atoms. The fraction of sp³-hybridized carbons (Fsp3) is 0.409. The Kier molecular flexibility index (Phi) is 7.35. The number of hydrogen-bond acceptors (Lipinski definition) is 3. The molecule has 1 aliphatic carbocycles. The van der Waals surface area contributed by atoms with Crippen LogP contribution in [-0.4, -0.2) is 26.9 Å². The van der Waals surface area contributed by atoms with Crippen molar-refractivity contribution in [3.05, 3.63) is 58.6 Å². The second-order valence-electron chi connectivity index (χ2n) is 7.56. The van der Waals surface area contributed by atoms with E-state index in [-0.39, 0.29) is 23.4 Å². The molecule has 2 aromatic carbocycles. The second-order valence-corrected chi connectivity index (χ2v) is 10.3. The Labute approximate surface area is 181 Å². The van der Waals surface area contributed by atoms with E-state index in [2.05, 4.69) is 21.2 Å². The molecule has 1 N–H and O–H groups in total. The molecule has 0 aliphatic heterocycles. The molecule has 1 saturated carbocycles. The minimum atomic E-state index is -3.88. The molecule has 0 radical (unpaired) electrons. The van der Waals surface area contributed by atoms with Crippen LogP contribution in [0, 0.1) is 6.92 Å². The molecule has 2 aromatic rings. The zero-order chi connectivity index (χ0) is 20.9. The first kappa shape index (κ1) is 21.8. The van der Waals surface area contributed by atoms with Gasteiger partial charge in [0.15, 0.2) is 0 Å². The van der Waals surface area contributed by atoms with E-state index in [0.717, 1.165) is 35.7 Å². The molecular formula is C22H27BrN2O3S. The number of carbonyl (C=O) groups excluding carboxylic acids is 1. The molecule has 1 amide bonds. The number of nitrogens with one attached hydrogen (secondary N) is 1. The molecule has 0 saturated heterocycles. The van der Waals surface area contributed by atoms with E-state index in [1.807, 2.05) is 13.0 Å². The summed E-state index contributed by atoms with van der Waals surface area (Å²) in [4.78, 5) is 13.0. The van der Waals surface area contributed by atoms with Gasteiger partial charge in [-0.1, -0.05) is 65.4 Å². The fourth-order valence-corrected chi connectivity index (χ4v) is 5.41. The van der Waals surface area contributed by atoms with Crippen LogP contribution in [0.5, 0.6) is 0 Å². The van der Waals surface area contributed by atoms with E-state index in [1.165, 1.54) is 17.1 Å². The van der Waals surface area contributed by atoms with Crippen LogP contribution in [0.3, 0.4) is 0 Å². The highest BCUT2D eigenvalue weighted by Crippen LogP contribution is 2.26. The third-order valence-corrected chi connectivity index (χ3v) is 7.49. The van der Waals surface area contributed by atoms with Crippen LogP contribution in [-0.2, 0) is 14.8 Å². The Morgan fingerprint density at radius 3 is 2.34 bits per heavy atom. The zero-order valence-electron chi connectivity index (χ0n) is 16.6. The number of anilines is 1. The first-order chi connectivity index (χ1) is 13.9. The van der Waals surface area contributed by atoms with Gasteiger partial charge in [-0.25, -0.2) is 8.42 Å². The Morgan fingerprint density at radius 1 is 1.07 bits per heavy atom. The Morgan fingerprint density at radius 2 is 1.72 bits per heavy atom. The lowest BCUT2D eigenvalue weighted by Gasteiger charge is -2.25. The fourth-order valence-electron chi connectivity index (χ4n) is 3.61. The monoisotopic (exact) mass is 478 g/mol. The van der Waals surface area contributed by atoms with Gasteiger partial charge in [-0.15, -0.1) is 0 Å². The van der Waals surface area contributed by atoms with Gasteiger partial charge in [-0.05, 0) is 50.1 Å². The first-order valence-corrected chi connectivity index (χ1v) is 12.2. The summed E-state index contributed by atoms with van der Waals surface area (Å²) in [6, 6.07) is 13.8. The molecule has 5 nitrogen and oxygen atoms in total. The number of hydrogen-bond donors (Lipinski definition) is 1. The van der Waals surface area contributed by atoms with Gasteiger partial charge in [0.25, 0.3) is 10.0 Å². The van der Waals surface area contributed by atoms with Gasteiger partial charge >= 0.3 is 0 Å². The van der Waals surface area contributed by atoms with E-state index in [1.54, 1.807) is 42.5 Å². The van der Waals surface area contributed by atoms with Crippen molar-refractivity contribution >= 4 is 37.5 Å². The molecule has 0 unspecified atom stereocenters. The number of benzene rings is 2. The van der Waals surface area contributed by atoms with Crippen molar-refractivity contribution in [3.8, 4) is 0 Å². The lowest BCUT2D eigenvalue weighted by Crippen LogP contribution is -2.44. The lowest BCUT2D eigenvalue weighted by molar-refractivity contribution is -0.120. The van der Waals surface area contributed by atoms with Gasteiger partial charge in [0.05, 0.1) is 10.6 Å². The summed E-state index contributed by atoms with van der Waals surface area (Å²) in [5.41, 5.74) is 1.43. The summed E-state index contributed by atoms with van der Waals surface area (Å²) in [7, 11) is -3.88. The van der Waals surface area contributed by atoms with Crippen LogP contribution < -0.4 is 9.62 Å². The SMILES string of the molecule is Cc1ccc(S(=O)(=O)N(CC(=O)NC2CCCCCC2)c2cccc(Br)c2)cc1. The minimum Gasteiger partial charge on any atom is -0.352 e. The minimum absolute atomic E-state index is 0.122. The maximum atomic E-state index is 13.4. The quantitative estimate of drug-likeness (QED) is 0.606. The predicted octanol–water partition coefficient (Wildman–Crippen LogP) is 4.79. The third kappa shape index (κ3) is 5.82. The van der Waals surface area contributed by atoms with Crippen molar-refractivity contribution < 1.29 is 13.2 Å². The molecule has 0 aromatic heterocycles. The van der Waals surface area contributed by atoms with Crippen LogP contribution >= 0.6 is 15.9 Å². The van der Waals surface area contributed by atoms with Gasteiger partial charge in [-0.3, -0.25) is 9.10 Å². The van der Waals surface area contributed by atoms with Gasteiger partial charge in [0, 0.05) is 10.5 Å². The summed E-state index contributed by atoms with van der Waals surface area (Å²) in [5, 5.41) is 3.05. The van der Waals surface area contributed by atoms with Crippen molar-refractivity contribution in [2.24, 2.45) is 0 Å². The summed E-state index contributed by atoms with van der Waals surface area (Å²) in [6.45, 7) is 1.66. The van der Waals surface area contributed by atoms with E-state index in [4.69, 9.17) is 0 Å². The topological polar surface area (TPSA) is 66.5 Å². The van der Waals surface area contributed by atoms with E-state index in [9.17, 15) is 13.2 Å². The zero-order valence-corrected chi connectivity index (χ0v) is 19.0. The summed E-state index contributed by atoms with van der Waals surface area (Å²) >= 11 is 3.40. The Balaban J connectivity index is 1.87. The molecule has 29 heavy (non-hydrogen) atoms. The van der Waals surface area contributed by atoms with Crippen LogP contribution in [0.15, 0.2) is 57.9 Å². The molecule has 0 spiro atoms. The van der Waals surface area contributed by atoms with Crippen LogP contribution in [0.1, 0.15) is 44.1 Å². The smallest absolute Gasteiger partial charge is 0.264 e. The summed E-state index contributed by atoms with van der Waals surface area (Å²) < 4.78 is 28.7. The maximum absolute atomic E-state index is 13.4. The van der Waals surface area contributed by atoms with E-state index < -0.39 is 10.0 Å².